The van der Waals surface area contributed by atoms with E-state index in [-0.39, 0.29) is 18.3 Å². The van der Waals surface area contributed by atoms with Crippen molar-refractivity contribution >= 4 is 11.9 Å². The number of aliphatic carboxylic acids is 1. The van der Waals surface area contributed by atoms with Gasteiger partial charge in [-0.3, -0.25) is 9.59 Å². The van der Waals surface area contributed by atoms with Crippen molar-refractivity contribution < 1.29 is 19.1 Å². The summed E-state index contributed by atoms with van der Waals surface area (Å²) in [5.74, 6) is -1.46. The van der Waals surface area contributed by atoms with Gasteiger partial charge in [-0.25, -0.2) is 4.39 Å². The van der Waals surface area contributed by atoms with Gasteiger partial charge in [0.15, 0.2) is 0 Å². The number of carbonyl (C=O) groups is 2. The van der Waals surface area contributed by atoms with Crippen molar-refractivity contribution in [3.63, 3.8) is 0 Å². The minimum atomic E-state index is -0.894. The highest BCUT2D eigenvalue weighted by atomic mass is 19.1. The lowest BCUT2D eigenvalue weighted by Gasteiger charge is -2.25. The number of hydrogen-bond donors (Lipinski definition) is 2. The molecule has 0 saturated heterocycles. The van der Waals surface area contributed by atoms with Gasteiger partial charge < -0.3 is 10.4 Å². The molecule has 5 heteroatoms. The van der Waals surface area contributed by atoms with Crippen LogP contribution >= 0.6 is 0 Å². The third-order valence-corrected chi connectivity index (χ3v) is 3.75. The molecule has 0 aliphatic rings. The molecule has 0 saturated carbocycles. The van der Waals surface area contributed by atoms with E-state index in [1.807, 2.05) is 0 Å². The van der Waals surface area contributed by atoms with E-state index >= 15 is 0 Å². The number of hydrogen-bond acceptors (Lipinski definition) is 2. The van der Waals surface area contributed by atoms with Gasteiger partial charge in [-0.1, -0.05) is 12.1 Å². The number of amides is 1. The van der Waals surface area contributed by atoms with Crippen LogP contribution < -0.4 is 5.32 Å². The van der Waals surface area contributed by atoms with Crippen molar-refractivity contribution in [1.82, 2.24) is 5.32 Å². The minimum absolute atomic E-state index is 0.213. The Kier molecular flexibility index (Phi) is 5.10. The van der Waals surface area contributed by atoms with Gasteiger partial charge in [0.1, 0.15) is 5.82 Å². The molecule has 4 nitrogen and oxygen atoms in total. The second kappa shape index (κ2) is 6.24. The third-order valence-electron chi connectivity index (χ3n) is 3.75. The van der Waals surface area contributed by atoms with Gasteiger partial charge in [0, 0.05) is 6.54 Å². The molecule has 1 amide bonds. The largest absolute Gasteiger partial charge is 0.481 e. The standard InChI is InChI=1S/C16H22FNO3/c1-15(2,14(20)21)9-10-18-13(19)16(3,4)11-5-7-12(17)8-6-11/h5-8H,9-10H2,1-4H3,(H,18,19)(H,20,21). The maximum atomic E-state index is 12.9. The molecule has 0 fully saturated rings. The summed E-state index contributed by atoms with van der Waals surface area (Å²) in [5, 5.41) is 11.8. The number of carbonyl (C=O) groups excluding carboxylic acids is 1. The zero-order chi connectivity index (χ0) is 16.3. The summed E-state index contributed by atoms with van der Waals surface area (Å²) < 4.78 is 12.9. The van der Waals surface area contributed by atoms with Gasteiger partial charge in [-0.2, -0.15) is 0 Å². The van der Waals surface area contributed by atoms with Crippen LogP contribution in [-0.4, -0.2) is 23.5 Å². The lowest BCUT2D eigenvalue weighted by atomic mass is 9.83. The molecule has 0 radical (unpaired) electrons. The molecule has 0 aliphatic heterocycles. The summed E-state index contributed by atoms with van der Waals surface area (Å²) in [6.07, 6.45) is 0.341. The normalized spacial score (nSPS) is 12.0. The topological polar surface area (TPSA) is 66.4 Å². The number of carboxylic acids is 1. The molecular formula is C16H22FNO3. The van der Waals surface area contributed by atoms with Crippen molar-refractivity contribution in [1.29, 1.82) is 0 Å². The fraction of sp³-hybridized carbons (Fsp3) is 0.500. The second-order valence-electron chi connectivity index (χ2n) is 6.33. The fourth-order valence-electron chi connectivity index (χ4n) is 1.81. The van der Waals surface area contributed by atoms with Crippen LogP contribution in [0.1, 0.15) is 39.7 Å². The molecule has 0 spiro atoms. The van der Waals surface area contributed by atoms with Crippen LogP contribution in [0.2, 0.25) is 0 Å². The van der Waals surface area contributed by atoms with E-state index in [4.69, 9.17) is 5.11 Å². The van der Waals surface area contributed by atoms with E-state index in [9.17, 15) is 14.0 Å². The van der Waals surface area contributed by atoms with Crippen LogP contribution in [0.15, 0.2) is 24.3 Å². The van der Waals surface area contributed by atoms with Gasteiger partial charge >= 0.3 is 5.97 Å². The summed E-state index contributed by atoms with van der Waals surface area (Å²) in [5.41, 5.74) is -0.979. The van der Waals surface area contributed by atoms with Crippen molar-refractivity contribution in [3.8, 4) is 0 Å². The molecule has 0 bridgehead atoms. The highest BCUT2D eigenvalue weighted by molar-refractivity contribution is 5.87. The highest BCUT2D eigenvalue weighted by Gasteiger charge is 2.31. The molecule has 0 heterocycles. The Morgan fingerprint density at radius 1 is 1.14 bits per heavy atom. The first-order valence-electron chi connectivity index (χ1n) is 6.85. The average Bonchev–Trinajstić information content (AvgIpc) is 2.38. The van der Waals surface area contributed by atoms with Crippen LogP contribution in [0.25, 0.3) is 0 Å². The smallest absolute Gasteiger partial charge is 0.309 e. The molecule has 21 heavy (non-hydrogen) atoms. The SMILES string of the molecule is CC(C)(CCNC(=O)C(C)(C)c1ccc(F)cc1)C(=O)O. The molecule has 0 aromatic heterocycles. The maximum absolute atomic E-state index is 12.9. The fourth-order valence-corrected chi connectivity index (χ4v) is 1.81. The van der Waals surface area contributed by atoms with Crippen LogP contribution in [0.4, 0.5) is 4.39 Å². The Morgan fingerprint density at radius 3 is 2.14 bits per heavy atom. The predicted molar refractivity (Wildman–Crippen MR) is 78.5 cm³/mol. The summed E-state index contributed by atoms with van der Waals surface area (Å²) in [6.45, 7) is 7.01. The predicted octanol–water partition coefficient (Wildman–Crippen LogP) is 2.72. The summed E-state index contributed by atoms with van der Waals surface area (Å²) in [6, 6.07) is 5.79. The minimum Gasteiger partial charge on any atom is -0.481 e. The van der Waals surface area contributed by atoms with Crippen LogP contribution in [0.5, 0.6) is 0 Å². The summed E-state index contributed by atoms with van der Waals surface area (Å²) in [7, 11) is 0. The van der Waals surface area contributed by atoms with E-state index in [1.54, 1.807) is 39.8 Å². The van der Waals surface area contributed by atoms with Crippen molar-refractivity contribution in [2.24, 2.45) is 5.41 Å². The van der Waals surface area contributed by atoms with Gasteiger partial charge in [0.2, 0.25) is 5.91 Å². The molecule has 0 unspecified atom stereocenters. The van der Waals surface area contributed by atoms with E-state index in [2.05, 4.69) is 5.32 Å². The Morgan fingerprint density at radius 2 is 1.67 bits per heavy atom. The summed E-state index contributed by atoms with van der Waals surface area (Å²) in [4.78, 5) is 23.3. The van der Waals surface area contributed by atoms with Gasteiger partial charge in [0.25, 0.3) is 0 Å². The first kappa shape index (κ1) is 17.1. The average molecular weight is 295 g/mol. The molecule has 0 atom stereocenters. The molecule has 1 rings (SSSR count). The Bertz CT molecular complexity index is 521. The van der Waals surface area contributed by atoms with Crippen molar-refractivity contribution in [3.05, 3.63) is 35.6 Å². The zero-order valence-electron chi connectivity index (χ0n) is 12.9. The van der Waals surface area contributed by atoms with Crippen molar-refractivity contribution in [2.75, 3.05) is 6.54 Å². The first-order chi connectivity index (χ1) is 9.57. The molecule has 116 valence electrons. The van der Waals surface area contributed by atoms with Crippen molar-refractivity contribution in [2.45, 2.75) is 39.5 Å². The zero-order valence-corrected chi connectivity index (χ0v) is 12.9. The van der Waals surface area contributed by atoms with E-state index in [0.29, 0.717) is 12.0 Å². The summed E-state index contributed by atoms with van der Waals surface area (Å²) >= 11 is 0. The number of nitrogens with one attached hydrogen (secondary N) is 1. The first-order valence-corrected chi connectivity index (χ1v) is 6.85. The van der Waals surface area contributed by atoms with Gasteiger partial charge in [-0.15, -0.1) is 0 Å². The molecular weight excluding hydrogens is 273 g/mol. The quantitative estimate of drug-likeness (QED) is 0.848. The van der Waals surface area contributed by atoms with Crippen LogP contribution in [0.3, 0.4) is 0 Å². The van der Waals surface area contributed by atoms with Gasteiger partial charge in [0.05, 0.1) is 10.8 Å². The number of rotatable bonds is 6. The second-order valence-corrected chi connectivity index (χ2v) is 6.33. The van der Waals surface area contributed by atoms with Crippen LogP contribution in [0, 0.1) is 11.2 Å². The number of halogens is 1. The Hall–Kier alpha value is -1.91. The number of carboxylic acid groups (broad SMARTS) is 1. The lowest BCUT2D eigenvalue weighted by Crippen LogP contribution is -2.42. The Labute approximate surface area is 124 Å². The lowest BCUT2D eigenvalue weighted by molar-refractivity contribution is -0.147. The third kappa shape index (κ3) is 4.28. The Balaban J connectivity index is 2.66. The highest BCUT2D eigenvalue weighted by Crippen LogP contribution is 2.24. The van der Waals surface area contributed by atoms with Gasteiger partial charge in [-0.05, 0) is 51.8 Å². The molecule has 1 aromatic rings. The van der Waals surface area contributed by atoms with E-state index in [1.165, 1.54) is 12.1 Å². The monoisotopic (exact) mass is 295 g/mol. The molecule has 1 aromatic carbocycles. The van der Waals surface area contributed by atoms with Crippen LogP contribution in [-0.2, 0) is 15.0 Å². The van der Waals surface area contributed by atoms with E-state index < -0.39 is 16.8 Å². The number of benzene rings is 1. The molecule has 0 aliphatic carbocycles. The maximum Gasteiger partial charge on any atom is 0.309 e. The van der Waals surface area contributed by atoms with E-state index in [0.717, 1.165) is 0 Å². The molecule has 2 N–H and O–H groups in total.